The van der Waals surface area contributed by atoms with E-state index in [9.17, 15) is 4.79 Å². The Morgan fingerprint density at radius 3 is 2.81 bits per heavy atom. The van der Waals surface area contributed by atoms with Crippen molar-refractivity contribution in [1.82, 2.24) is 20.1 Å². The largest absolute Gasteiger partial charge is 0.370 e. The molecule has 0 saturated heterocycles. The Balaban J connectivity index is 1.43. The molecule has 1 aliphatic heterocycles. The molecule has 1 N–H and O–H groups in total. The topological polar surface area (TPSA) is 69.0 Å². The second-order valence-electron chi connectivity index (χ2n) is 7.90. The normalized spacial score (nSPS) is 22.6. The number of carbonyl (C=O) groups is 1. The maximum atomic E-state index is 13.1. The summed E-state index contributed by atoms with van der Waals surface area (Å²) in [6.45, 7) is 3.39. The Labute approximate surface area is 160 Å². The van der Waals surface area contributed by atoms with Gasteiger partial charge in [-0.3, -0.25) is 9.36 Å². The Kier molecular flexibility index (Phi) is 5.25. The quantitative estimate of drug-likeness (QED) is 0.796. The number of amides is 1. The second kappa shape index (κ2) is 7.80. The number of fused-ring (bicyclic) bond motifs is 1. The van der Waals surface area contributed by atoms with E-state index >= 15 is 0 Å². The van der Waals surface area contributed by atoms with Gasteiger partial charge in [-0.05, 0) is 38.2 Å². The molecule has 0 bridgehead atoms. The van der Waals surface area contributed by atoms with E-state index in [4.69, 9.17) is 4.74 Å². The van der Waals surface area contributed by atoms with Crippen LogP contribution in [0.5, 0.6) is 0 Å². The maximum Gasteiger partial charge on any atom is 0.248 e. The van der Waals surface area contributed by atoms with E-state index < -0.39 is 5.54 Å². The minimum Gasteiger partial charge on any atom is -0.370 e. The van der Waals surface area contributed by atoms with Crippen LogP contribution in [0.4, 0.5) is 0 Å². The van der Waals surface area contributed by atoms with Gasteiger partial charge in [0.05, 0.1) is 6.61 Å². The van der Waals surface area contributed by atoms with Crippen molar-refractivity contribution in [3.63, 3.8) is 0 Å². The van der Waals surface area contributed by atoms with Gasteiger partial charge in [0.2, 0.25) is 5.91 Å². The van der Waals surface area contributed by atoms with Crippen LogP contribution in [0.15, 0.2) is 30.3 Å². The molecule has 1 unspecified atom stereocenters. The molecule has 0 spiro atoms. The summed E-state index contributed by atoms with van der Waals surface area (Å²) in [4.78, 5) is 13.1. The number of benzene rings is 1. The smallest absolute Gasteiger partial charge is 0.248 e. The van der Waals surface area contributed by atoms with Crippen LogP contribution in [0.2, 0.25) is 0 Å². The highest BCUT2D eigenvalue weighted by molar-refractivity contribution is 5.84. The number of hydrogen-bond donors (Lipinski definition) is 1. The molecular weight excluding hydrogens is 340 g/mol. The lowest BCUT2D eigenvalue weighted by molar-refractivity contribution is -0.135. The third-order valence-electron chi connectivity index (χ3n) is 5.84. The molecule has 2 aliphatic rings. The Hall–Kier alpha value is -2.21. The zero-order chi connectivity index (χ0) is 18.7. The highest BCUT2D eigenvalue weighted by Gasteiger charge is 2.43. The molecule has 1 aromatic heterocycles. The first-order chi connectivity index (χ1) is 13.2. The Morgan fingerprint density at radius 2 is 2.04 bits per heavy atom. The van der Waals surface area contributed by atoms with E-state index in [-0.39, 0.29) is 5.91 Å². The first-order valence-corrected chi connectivity index (χ1v) is 10.0. The fourth-order valence-corrected chi connectivity index (χ4v) is 4.31. The molecule has 1 fully saturated rings. The van der Waals surface area contributed by atoms with Crippen LogP contribution in [-0.2, 0) is 28.1 Å². The van der Waals surface area contributed by atoms with Gasteiger partial charge in [0.25, 0.3) is 0 Å². The molecule has 1 saturated carbocycles. The third kappa shape index (κ3) is 3.63. The van der Waals surface area contributed by atoms with Crippen LogP contribution in [-0.4, -0.2) is 33.8 Å². The molecule has 1 aromatic carbocycles. The molecule has 1 amide bonds. The molecule has 2 aromatic rings. The van der Waals surface area contributed by atoms with E-state index in [2.05, 4.69) is 32.2 Å². The summed E-state index contributed by atoms with van der Waals surface area (Å²) in [5, 5.41) is 11.9. The molecule has 6 heteroatoms. The van der Waals surface area contributed by atoms with Gasteiger partial charge in [-0.15, -0.1) is 10.2 Å². The van der Waals surface area contributed by atoms with Crippen molar-refractivity contribution < 1.29 is 9.53 Å². The van der Waals surface area contributed by atoms with Crippen LogP contribution >= 0.6 is 0 Å². The summed E-state index contributed by atoms with van der Waals surface area (Å²) in [5.41, 5.74) is 0.519. The molecule has 0 radical (unpaired) electrons. The predicted octanol–water partition coefficient (Wildman–Crippen LogP) is 2.93. The fourth-order valence-electron chi connectivity index (χ4n) is 4.31. The van der Waals surface area contributed by atoms with Gasteiger partial charge in [-0.25, -0.2) is 0 Å². The first-order valence-electron chi connectivity index (χ1n) is 10.0. The van der Waals surface area contributed by atoms with Crippen LogP contribution in [0.25, 0.3) is 0 Å². The summed E-state index contributed by atoms with van der Waals surface area (Å²) < 4.78 is 7.77. The van der Waals surface area contributed by atoms with Crippen LogP contribution in [0, 0.1) is 0 Å². The third-order valence-corrected chi connectivity index (χ3v) is 5.84. The Bertz CT molecular complexity index is 783. The van der Waals surface area contributed by atoms with Gasteiger partial charge >= 0.3 is 0 Å². The van der Waals surface area contributed by atoms with E-state index in [0.717, 1.165) is 37.3 Å². The number of aryl methyl sites for hydroxylation is 1. The Morgan fingerprint density at radius 1 is 1.26 bits per heavy atom. The van der Waals surface area contributed by atoms with Crippen LogP contribution in [0.1, 0.15) is 62.2 Å². The van der Waals surface area contributed by atoms with Gasteiger partial charge in [-0.1, -0.05) is 43.2 Å². The molecular formula is C21H28N4O2. The summed E-state index contributed by atoms with van der Waals surface area (Å²) in [6, 6.07) is 10.4. The van der Waals surface area contributed by atoms with Crippen molar-refractivity contribution >= 4 is 5.91 Å². The zero-order valence-electron chi connectivity index (χ0n) is 16.0. The number of hydrogen-bond acceptors (Lipinski definition) is 4. The minimum atomic E-state index is -0.776. The van der Waals surface area contributed by atoms with Gasteiger partial charge in [-0.2, -0.15) is 0 Å². The lowest BCUT2D eigenvalue weighted by atomic mass is 9.97. The number of aromatic nitrogens is 3. The summed E-state index contributed by atoms with van der Waals surface area (Å²) in [6.07, 6.45) is 6.59. The van der Waals surface area contributed by atoms with Gasteiger partial charge in [0, 0.05) is 12.5 Å². The number of carbonyl (C=O) groups excluding carboxylic acids is 1. The van der Waals surface area contributed by atoms with Crippen molar-refractivity contribution in [1.29, 1.82) is 0 Å². The fraction of sp³-hybridized carbons (Fsp3) is 0.571. The SMILES string of the molecule is CC1(C(=O)NCCCc2ccccc2)COCc2nnc(C3CCCC3)n21. The van der Waals surface area contributed by atoms with Gasteiger partial charge < -0.3 is 10.1 Å². The van der Waals surface area contributed by atoms with E-state index in [1.165, 1.54) is 18.4 Å². The average molecular weight is 368 g/mol. The van der Waals surface area contributed by atoms with Gasteiger partial charge in [0.1, 0.15) is 18.0 Å². The van der Waals surface area contributed by atoms with Crippen molar-refractivity contribution in [3.05, 3.63) is 47.5 Å². The highest BCUT2D eigenvalue weighted by Crippen LogP contribution is 2.37. The average Bonchev–Trinajstić information content (AvgIpc) is 3.36. The molecule has 4 rings (SSSR count). The van der Waals surface area contributed by atoms with Crippen molar-refractivity contribution in [2.24, 2.45) is 0 Å². The molecule has 6 nitrogen and oxygen atoms in total. The van der Waals surface area contributed by atoms with Crippen molar-refractivity contribution in [2.45, 2.75) is 63.5 Å². The lowest BCUT2D eigenvalue weighted by Gasteiger charge is -2.36. The zero-order valence-corrected chi connectivity index (χ0v) is 16.0. The second-order valence-corrected chi connectivity index (χ2v) is 7.90. The van der Waals surface area contributed by atoms with E-state index in [0.29, 0.717) is 25.7 Å². The summed E-state index contributed by atoms with van der Waals surface area (Å²) >= 11 is 0. The monoisotopic (exact) mass is 368 g/mol. The molecule has 1 atom stereocenters. The van der Waals surface area contributed by atoms with Crippen LogP contribution < -0.4 is 5.32 Å². The predicted molar refractivity (Wildman–Crippen MR) is 102 cm³/mol. The number of rotatable bonds is 6. The maximum absolute atomic E-state index is 13.1. The molecule has 1 aliphatic carbocycles. The first kappa shape index (κ1) is 18.2. The van der Waals surface area contributed by atoms with Crippen LogP contribution in [0.3, 0.4) is 0 Å². The standard InChI is InChI=1S/C21H28N4O2/c1-21(20(26)22-13-7-10-16-8-3-2-4-9-16)15-27-14-18-23-24-19(25(18)21)17-11-5-6-12-17/h2-4,8-9,17H,5-7,10-15H2,1H3,(H,22,26). The van der Waals surface area contributed by atoms with Gasteiger partial charge in [0.15, 0.2) is 5.82 Å². The minimum absolute atomic E-state index is 0.00411. The molecule has 2 heterocycles. The lowest BCUT2D eigenvalue weighted by Crippen LogP contribution is -2.53. The number of nitrogens with zero attached hydrogens (tertiary/aromatic N) is 3. The number of nitrogens with one attached hydrogen (secondary N) is 1. The van der Waals surface area contributed by atoms with Crippen molar-refractivity contribution in [3.8, 4) is 0 Å². The number of ether oxygens (including phenoxy) is 1. The summed E-state index contributed by atoms with van der Waals surface area (Å²) in [5.74, 6) is 2.14. The molecule has 144 valence electrons. The van der Waals surface area contributed by atoms with E-state index in [1.807, 2.05) is 25.1 Å². The van der Waals surface area contributed by atoms with E-state index in [1.54, 1.807) is 0 Å². The highest BCUT2D eigenvalue weighted by atomic mass is 16.5. The summed E-state index contributed by atoms with van der Waals surface area (Å²) in [7, 11) is 0. The van der Waals surface area contributed by atoms with Crippen molar-refractivity contribution in [2.75, 3.05) is 13.2 Å². The molecule has 27 heavy (non-hydrogen) atoms.